The van der Waals surface area contributed by atoms with Crippen LogP contribution in [0.1, 0.15) is 47.0 Å². The molecule has 0 radical (unpaired) electrons. The van der Waals surface area contributed by atoms with Crippen molar-refractivity contribution < 1.29 is 19.1 Å². The molecule has 3 rings (SSSR count). The van der Waals surface area contributed by atoms with Gasteiger partial charge in [-0.1, -0.05) is 20.8 Å². The van der Waals surface area contributed by atoms with Crippen molar-refractivity contribution in [1.29, 1.82) is 0 Å². The Morgan fingerprint density at radius 1 is 1.21 bits per heavy atom. The highest BCUT2D eigenvalue weighted by atomic mass is 16.7. The molecule has 4 nitrogen and oxygen atoms in total. The summed E-state index contributed by atoms with van der Waals surface area (Å²) in [6.07, 6.45) is 2.32. The Morgan fingerprint density at radius 2 is 1.89 bits per heavy atom. The summed E-state index contributed by atoms with van der Waals surface area (Å²) in [5.74, 6) is -0.781. The molecule has 1 aliphatic carbocycles. The van der Waals surface area contributed by atoms with Gasteiger partial charge in [-0.2, -0.15) is 0 Å². The Hall–Kier alpha value is -1.06. The molecule has 4 heteroatoms. The van der Waals surface area contributed by atoms with Gasteiger partial charge in [-0.15, -0.1) is 0 Å². The number of hydrogen-bond acceptors (Lipinski definition) is 4. The zero-order chi connectivity index (χ0) is 14.0. The Labute approximate surface area is 113 Å². The minimum Gasteiger partial charge on any atom is -0.422 e. The first-order valence-corrected chi connectivity index (χ1v) is 7.23. The summed E-state index contributed by atoms with van der Waals surface area (Å²) >= 11 is 0. The molecule has 106 valence electrons. The van der Waals surface area contributed by atoms with Crippen LogP contribution < -0.4 is 0 Å². The quantitative estimate of drug-likeness (QED) is 0.684. The van der Waals surface area contributed by atoms with E-state index >= 15 is 0 Å². The average molecular weight is 266 g/mol. The lowest BCUT2D eigenvalue weighted by molar-refractivity contribution is -0.328. The second kappa shape index (κ2) is 3.74. The Kier molecular flexibility index (Phi) is 2.55. The van der Waals surface area contributed by atoms with Gasteiger partial charge in [0.25, 0.3) is 5.79 Å². The highest BCUT2D eigenvalue weighted by Crippen LogP contribution is 2.62. The van der Waals surface area contributed by atoms with E-state index in [1.165, 1.54) is 0 Å². The van der Waals surface area contributed by atoms with Crippen molar-refractivity contribution in [3.05, 3.63) is 0 Å². The molecule has 0 amide bonds. The van der Waals surface area contributed by atoms with Gasteiger partial charge < -0.3 is 9.47 Å². The van der Waals surface area contributed by atoms with E-state index in [0.29, 0.717) is 18.3 Å². The maximum absolute atomic E-state index is 12.4. The zero-order valence-corrected chi connectivity index (χ0v) is 12.1. The van der Waals surface area contributed by atoms with E-state index in [2.05, 4.69) is 20.8 Å². The van der Waals surface area contributed by atoms with Crippen molar-refractivity contribution >= 4 is 11.9 Å². The number of esters is 2. The summed E-state index contributed by atoms with van der Waals surface area (Å²) < 4.78 is 11.0. The number of ether oxygens (including phenoxy) is 2. The fraction of sp³-hybridized carbons (Fsp3) is 0.867. The van der Waals surface area contributed by atoms with Gasteiger partial charge in [0, 0.05) is 12.3 Å². The van der Waals surface area contributed by atoms with E-state index in [0.717, 1.165) is 12.8 Å². The van der Waals surface area contributed by atoms with Crippen LogP contribution in [0.5, 0.6) is 0 Å². The van der Waals surface area contributed by atoms with Crippen LogP contribution in [0, 0.1) is 29.1 Å². The van der Waals surface area contributed by atoms with Crippen LogP contribution in [0.15, 0.2) is 0 Å². The molecule has 3 fully saturated rings. The molecule has 0 aromatic carbocycles. The fourth-order valence-corrected chi connectivity index (χ4v) is 4.48. The van der Waals surface area contributed by atoms with Crippen LogP contribution in [0.2, 0.25) is 0 Å². The molecule has 19 heavy (non-hydrogen) atoms. The lowest BCUT2D eigenvalue weighted by atomic mass is 9.51. The van der Waals surface area contributed by atoms with Gasteiger partial charge >= 0.3 is 11.9 Å². The topological polar surface area (TPSA) is 52.6 Å². The first-order chi connectivity index (χ1) is 8.78. The predicted octanol–water partition coefficient (Wildman–Crippen LogP) is 2.51. The van der Waals surface area contributed by atoms with Crippen LogP contribution in [0.3, 0.4) is 0 Å². The lowest BCUT2D eigenvalue weighted by Gasteiger charge is -2.61. The average Bonchev–Trinajstić information content (AvgIpc) is 2.27. The van der Waals surface area contributed by atoms with E-state index in [-0.39, 0.29) is 29.2 Å². The number of carbonyl (C=O) groups is 2. The van der Waals surface area contributed by atoms with Crippen molar-refractivity contribution in [2.24, 2.45) is 29.1 Å². The minimum atomic E-state index is -1.07. The molecular formula is C15H22O4. The molecule has 5 atom stereocenters. The number of carbonyl (C=O) groups excluding carboxylic acids is 2. The van der Waals surface area contributed by atoms with E-state index in [1.54, 1.807) is 6.92 Å². The number of hydrogen-bond donors (Lipinski definition) is 0. The molecule has 0 aromatic rings. The van der Waals surface area contributed by atoms with Crippen LogP contribution in [0.25, 0.3) is 0 Å². The largest absolute Gasteiger partial charge is 0.422 e. The van der Waals surface area contributed by atoms with Gasteiger partial charge in [0.15, 0.2) is 0 Å². The molecule has 1 unspecified atom stereocenters. The van der Waals surface area contributed by atoms with E-state index < -0.39 is 5.79 Å². The van der Waals surface area contributed by atoms with E-state index in [9.17, 15) is 9.59 Å². The van der Waals surface area contributed by atoms with Gasteiger partial charge in [0.1, 0.15) is 0 Å². The van der Waals surface area contributed by atoms with Gasteiger partial charge in [0.05, 0.1) is 12.3 Å². The third-order valence-corrected chi connectivity index (χ3v) is 5.87. The second-order valence-corrected chi connectivity index (χ2v) is 7.04. The van der Waals surface area contributed by atoms with Crippen molar-refractivity contribution in [3.63, 3.8) is 0 Å². The lowest BCUT2D eigenvalue weighted by Crippen LogP contribution is -2.68. The van der Waals surface area contributed by atoms with Crippen LogP contribution in [0.4, 0.5) is 0 Å². The number of rotatable bonds is 1. The fourth-order valence-electron chi connectivity index (χ4n) is 4.48. The second-order valence-electron chi connectivity index (χ2n) is 7.04. The van der Waals surface area contributed by atoms with Gasteiger partial charge in [-0.25, -0.2) is 0 Å². The maximum Gasteiger partial charge on any atom is 0.312 e. The van der Waals surface area contributed by atoms with Gasteiger partial charge in [-0.05, 0) is 30.6 Å². The van der Waals surface area contributed by atoms with Crippen molar-refractivity contribution in [2.75, 3.05) is 0 Å². The molecule has 1 saturated carbocycles. The van der Waals surface area contributed by atoms with Crippen LogP contribution in [-0.4, -0.2) is 17.7 Å². The van der Waals surface area contributed by atoms with Gasteiger partial charge in [-0.3, -0.25) is 9.59 Å². The summed E-state index contributed by atoms with van der Waals surface area (Å²) in [6, 6.07) is 0. The monoisotopic (exact) mass is 266 g/mol. The predicted molar refractivity (Wildman–Crippen MR) is 67.9 cm³/mol. The summed E-state index contributed by atoms with van der Waals surface area (Å²) in [7, 11) is 0. The first-order valence-electron chi connectivity index (χ1n) is 7.23. The molecule has 4 bridgehead atoms. The third-order valence-electron chi connectivity index (χ3n) is 5.87. The highest BCUT2D eigenvalue weighted by molar-refractivity contribution is 5.80. The molecule has 0 spiro atoms. The normalized spacial score (nSPS) is 48.8. The minimum absolute atomic E-state index is 0.0705. The van der Waals surface area contributed by atoms with Crippen molar-refractivity contribution in [2.45, 2.75) is 52.7 Å². The summed E-state index contributed by atoms with van der Waals surface area (Å²) in [5.41, 5.74) is -0.231. The summed E-state index contributed by atoms with van der Waals surface area (Å²) in [4.78, 5) is 24.2. The van der Waals surface area contributed by atoms with Crippen LogP contribution in [-0.2, 0) is 19.1 Å². The van der Waals surface area contributed by atoms with Crippen molar-refractivity contribution in [1.82, 2.24) is 0 Å². The molecule has 3 aliphatic rings. The molecule has 2 aliphatic heterocycles. The molecule has 2 saturated heterocycles. The van der Waals surface area contributed by atoms with Crippen LogP contribution >= 0.6 is 0 Å². The van der Waals surface area contributed by atoms with Gasteiger partial charge in [0.2, 0.25) is 0 Å². The smallest absolute Gasteiger partial charge is 0.312 e. The summed E-state index contributed by atoms with van der Waals surface area (Å²) in [6.45, 7) is 8.16. The molecule has 0 N–H and O–H groups in total. The molecule has 0 aromatic heterocycles. The zero-order valence-electron chi connectivity index (χ0n) is 12.1. The Bertz CT molecular complexity index is 443. The highest BCUT2D eigenvalue weighted by Gasteiger charge is 2.68. The molecule has 2 heterocycles. The van der Waals surface area contributed by atoms with Crippen molar-refractivity contribution in [3.8, 4) is 0 Å². The van der Waals surface area contributed by atoms with E-state index in [4.69, 9.17) is 9.47 Å². The first kappa shape index (κ1) is 12.9. The Morgan fingerprint density at radius 3 is 2.53 bits per heavy atom. The third kappa shape index (κ3) is 1.52. The van der Waals surface area contributed by atoms with E-state index in [1.807, 2.05) is 0 Å². The molecular weight excluding hydrogens is 244 g/mol. The standard InChI is InChI=1S/C15H22O4/c1-8(2)9-5-6-14(3)10-7-11(16)18-15(14,4)19-13(17)12(9)10/h8-10,12H,5-7H2,1-4H3/t9-,10?,12+,14-,15-/m0/s1. The summed E-state index contributed by atoms with van der Waals surface area (Å²) in [5, 5.41) is 0. The Balaban J connectivity index is 2.07. The SMILES string of the molecule is CC(C)[C@@H]1CC[C@@]2(C)C3CC(=O)O[C@@]2(C)OC(=O)[C@@H]31. The maximum atomic E-state index is 12.4.